The lowest BCUT2D eigenvalue weighted by molar-refractivity contribution is -0.0746. The second-order valence-corrected chi connectivity index (χ2v) is 34.8. The maximum atomic E-state index is 7.89. The van der Waals surface area contributed by atoms with Crippen LogP contribution < -0.4 is 0 Å². The number of hydrogen-bond acceptors (Lipinski definition) is 3. The summed E-state index contributed by atoms with van der Waals surface area (Å²) >= 11 is 0. The van der Waals surface area contributed by atoms with Crippen LogP contribution in [-0.2, 0) is 4.74 Å². The molecule has 0 radical (unpaired) electrons. The highest BCUT2D eigenvalue weighted by atomic mass is 16.5. The largest absolute Gasteiger partial charge is 0.374 e. The summed E-state index contributed by atoms with van der Waals surface area (Å²) in [4.78, 5) is 6.89. The summed E-state index contributed by atoms with van der Waals surface area (Å²) in [6.07, 6.45) is 52.5. The quantitative estimate of drug-likeness (QED) is 0.264. The van der Waals surface area contributed by atoms with Gasteiger partial charge in [0.25, 0.3) is 0 Å². The molecule has 1 saturated heterocycles. The van der Waals surface area contributed by atoms with E-state index < -0.39 is 0 Å². The first-order valence-electron chi connectivity index (χ1n) is 35.4. The highest BCUT2D eigenvalue weighted by Gasteiger charge is 2.64. The fourth-order valence-electron chi connectivity index (χ4n) is 28.8. The molecule has 422 valence electrons. The number of fused-ring (bicyclic) bond motifs is 15. The highest BCUT2D eigenvalue weighted by molar-refractivity contribution is 5.14. The van der Waals surface area contributed by atoms with Crippen LogP contribution in [0.3, 0.4) is 0 Å². The van der Waals surface area contributed by atoms with Gasteiger partial charge in [0.1, 0.15) is 0 Å². The molecule has 26 unspecified atom stereocenters. The third-order valence-corrected chi connectivity index (χ3v) is 31.7. The van der Waals surface area contributed by atoms with Gasteiger partial charge in [-0.3, -0.25) is 9.80 Å². The van der Waals surface area contributed by atoms with Crippen LogP contribution in [0.25, 0.3) is 0 Å². The van der Waals surface area contributed by atoms with Gasteiger partial charge < -0.3 is 4.74 Å². The topological polar surface area (TPSA) is 15.7 Å². The van der Waals surface area contributed by atoms with Crippen molar-refractivity contribution in [3.63, 3.8) is 0 Å². The summed E-state index contributed by atoms with van der Waals surface area (Å²) in [6.45, 7) is 22.3. The molecule has 26 atom stereocenters. The first kappa shape index (κ1) is 51.7. The van der Waals surface area contributed by atoms with E-state index in [1.807, 2.05) is 0 Å². The molecule has 0 amide bonds. The van der Waals surface area contributed by atoms with Gasteiger partial charge in [0, 0.05) is 36.3 Å². The normalized spacial score (nSPS) is 54.8. The Morgan fingerprint density at radius 2 is 0.440 bits per heavy atom. The molecule has 0 bridgehead atoms. The highest BCUT2D eigenvalue weighted by Crippen LogP contribution is 2.69. The molecule has 1 heterocycles. The van der Waals surface area contributed by atoms with Crippen molar-refractivity contribution in [2.45, 2.75) is 322 Å². The van der Waals surface area contributed by atoms with E-state index in [2.05, 4.69) is 65.2 Å². The van der Waals surface area contributed by atoms with E-state index in [4.69, 9.17) is 4.74 Å². The van der Waals surface area contributed by atoms with Crippen LogP contribution in [0, 0.1) is 128 Å². The van der Waals surface area contributed by atoms with Gasteiger partial charge in [-0.05, 0) is 295 Å². The van der Waals surface area contributed by atoms with Gasteiger partial charge in [-0.1, -0.05) is 107 Å². The van der Waals surface area contributed by atoms with Crippen molar-refractivity contribution in [3.8, 4) is 0 Å². The van der Waals surface area contributed by atoms with Gasteiger partial charge in [0.15, 0.2) is 0 Å². The lowest BCUT2D eigenvalue weighted by Gasteiger charge is -2.54. The molecule has 14 saturated carbocycles. The SMILES string of the molecule is CC1(C)C2CCCCC2C2CCC(N(C3CCC4C(C3)OC3CC(N(C5CCC6C7CCCCC7C(C)(C)C6C5)C5CCC6C7CCCCC7C(C)(C)C6C5)CCC34)C3CCC4C5CCCCC5C(C)(C)C4C3)CC21. The monoisotopic (exact) mass is 1030 g/mol. The van der Waals surface area contributed by atoms with Gasteiger partial charge in [-0.25, -0.2) is 0 Å². The van der Waals surface area contributed by atoms with Crippen molar-refractivity contribution in [2.24, 2.45) is 128 Å². The second-order valence-electron chi connectivity index (χ2n) is 34.8. The molecule has 15 rings (SSSR count). The van der Waals surface area contributed by atoms with E-state index in [1.54, 1.807) is 51.4 Å². The van der Waals surface area contributed by atoms with Crippen LogP contribution in [-0.4, -0.2) is 58.3 Å². The van der Waals surface area contributed by atoms with Gasteiger partial charge in [0.05, 0.1) is 12.2 Å². The zero-order chi connectivity index (χ0) is 50.9. The molecule has 1 aliphatic heterocycles. The summed E-state index contributed by atoms with van der Waals surface area (Å²) in [5.41, 5.74) is 2.12. The molecule has 15 aliphatic rings. The molecule has 0 aromatic rings. The Kier molecular flexibility index (Phi) is 13.3. The van der Waals surface area contributed by atoms with E-state index in [0.29, 0.717) is 33.9 Å². The number of hydrogen-bond donors (Lipinski definition) is 0. The standard InChI is InChI=1S/C72H118N2O/c1-69(2)59-21-13-9-17-49(59)53-31-25-43(37-63(53)69)73(44-26-32-54-50-18-10-14-22-60(50)70(3,4)64(54)38-44)47-29-35-57-58-36-30-48(42-68(58)75-67(57)41-47)74(45-27-33-55-51-19-11-15-23-61(51)71(5,6)65(55)39-45)46-28-34-56-52-20-12-16-24-62(52)72(7,8)66(56)40-46/h43-68H,9-42H2,1-8H3. The summed E-state index contributed by atoms with van der Waals surface area (Å²) in [5.74, 6) is 17.7. The molecule has 0 aromatic heterocycles. The fraction of sp³-hybridized carbons (Fsp3) is 1.00. The average molecular weight is 1030 g/mol. The van der Waals surface area contributed by atoms with Gasteiger partial charge in [0.2, 0.25) is 0 Å². The Hall–Kier alpha value is -0.120. The minimum Gasteiger partial charge on any atom is -0.374 e. The molecule has 3 heteroatoms. The maximum absolute atomic E-state index is 7.89. The minimum absolute atomic E-state index is 0.522. The molecule has 0 aromatic carbocycles. The average Bonchev–Trinajstić information content (AvgIpc) is 4.12. The summed E-state index contributed by atoms with van der Waals surface area (Å²) in [6, 6.07) is 4.76. The zero-order valence-electron chi connectivity index (χ0n) is 50.4. The molecule has 15 fully saturated rings. The molecule has 75 heavy (non-hydrogen) atoms. The maximum Gasteiger partial charge on any atom is 0.0625 e. The Bertz CT molecular complexity index is 1790. The number of nitrogens with zero attached hydrogens (tertiary/aromatic N) is 2. The molecule has 14 aliphatic carbocycles. The molecular weight excluding hydrogens is 909 g/mol. The third kappa shape index (κ3) is 8.04. The number of rotatable bonds is 6. The van der Waals surface area contributed by atoms with E-state index in [0.717, 1.165) is 143 Å². The molecule has 0 N–H and O–H groups in total. The van der Waals surface area contributed by atoms with Crippen molar-refractivity contribution in [1.29, 1.82) is 0 Å². The van der Waals surface area contributed by atoms with Gasteiger partial charge >= 0.3 is 0 Å². The first-order chi connectivity index (χ1) is 36.2. The van der Waals surface area contributed by atoms with Crippen LogP contribution in [0.2, 0.25) is 0 Å². The van der Waals surface area contributed by atoms with E-state index >= 15 is 0 Å². The molecule has 0 spiro atoms. The summed E-state index contributed by atoms with van der Waals surface area (Å²) in [7, 11) is 0. The van der Waals surface area contributed by atoms with E-state index in [1.165, 1.54) is 167 Å². The predicted octanol–water partition coefficient (Wildman–Crippen LogP) is 18.2. The van der Waals surface area contributed by atoms with Crippen molar-refractivity contribution in [2.75, 3.05) is 0 Å². The first-order valence-corrected chi connectivity index (χ1v) is 35.4. The van der Waals surface area contributed by atoms with E-state index in [-0.39, 0.29) is 0 Å². The molecular formula is C72H118N2O. The smallest absolute Gasteiger partial charge is 0.0625 e. The zero-order valence-corrected chi connectivity index (χ0v) is 50.4. The Morgan fingerprint density at radius 3 is 0.707 bits per heavy atom. The van der Waals surface area contributed by atoms with Crippen LogP contribution in [0.4, 0.5) is 0 Å². The van der Waals surface area contributed by atoms with Crippen LogP contribution >= 0.6 is 0 Å². The number of ether oxygens (including phenoxy) is 1. The Labute approximate surface area is 462 Å². The van der Waals surface area contributed by atoms with Crippen molar-refractivity contribution >= 4 is 0 Å². The fourth-order valence-corrected chi connectivity index (χ4v) is 28.8. The van der Waals surface area contributed by atoms with Crippen molar-refractivity contribution in [3.05, 3.63) is 0 Å². The summed E-state index contributed by atoms with van der Waals surface area (Å²) < 4.78 is 7.89. The van der Waals surface area contributed by atoms with Crippen LogP contribution in [0.15, 0.2) is 0 Å². The summed E-state index contributed by atoms with van der Waals surface area (Å²) in [5, 5.41) is 0. The predicted molar refractivity (Wildman–Crippen MR) is 310 cm³/mol. The lowest BCUT2D eigenvalue weighted by Crippen LogP contribution is -2.57. The van der Waals surface area contributed by atoms with Crippen LogP contribution in [0.5, 0.6) is 0 Å². The lowest BCUT2D eigenvalue weighted by atomic mass is 9.64. The van der Waals surface area contributed by atoms with Crippen molar-refractivity contribution in [1.82, 2.24) is 9.80 Å². The van der Waals surface area contributed by atoms with Crippen molar-refractivity contribution < 1.29 is 4.74 Å². The van der Waals surface area contributed by atoms with Crippen LogP contribution in [0.1, 0.15) is 274 Å². The van der Waals surface area contributed by atoms with Gasteiger partial charge in [-0.2, -0.15) is 0 Å². The Balaban J connectivity index is 0.693. The molecule has 3 nitrogen and oxygen atoms in total. The minimum atomic E-state index is 0.522. The second kappa shape index (κ2) is 19.2. The third-order valence-electron chi connectivity index (χ3n) is 31.7. The van der Waals surface area contributed by atoms with Gasteiger partial charge in [-0.15, -0.1) is 0 Å². The Morgan fingerprint density at radius 1 is 0.227 bits per heavy atom. The van der Waals surface area contributed by atoms with E-state index in [9.17, 15) is 0 Å².